The van der Waals surface area contributed by atoms with Crippen LogP contribution in [0.2, 0.25) is 0 Å². The maximum atomic E-state index is 12.5. The Morgan fingerprint density at radius 3 is 1.73 bits per heavy atom. The fraction of sp³-hybridized carbons (Fsp3) is 0.897. The van der Waals surface area contributed by atoms with E-state index in [-0.39, 0.29) is 6.61 Å². The molecule has 4 saturated heterocycles. The summed E-state index contributed by atoms with van der Waals surface area (Å²) in [6, 6.07) is -2.67. The smallest absolute Gasteiger partial charge is 0.335 e. The number of hydrogen-bond donors (Lipinski definition) is 11. The molecule has 11 N–H and O–H groups in total. The van der Waals surface area contributed by atoms with E-state index >= 15 is 0 Å². The Kier molecular flexibility index (Phi) is 14.4. The maximum Gasteiger partial charge on any atom is 0.335 e. The van der Waals surface area contributed by atoms with Gasteiger partial charge in [-0.2, -0.15) is 0 Å². The number of carbonyl (C=O) groups is 3. The molecular weight excluding hydrogens is 696 g/mol. The van der Waals surface area contributed by atoms with Crippen molar-refractivity contribution in [2.75, 3.05) is 26.9 Å². The topological polar surface area (TPSA) is 331 Å². The Balaban J connectivity index is 1.59. The van der Waals surface area contributed by atoms with E-state index < -0.39 is 147 Å². The van der Waals surface area contributed by atoms with E-state index in [2.05, 4.69) is 10.6 Å². The van der Waals surface area contributed by atoms with E-state index in [0.717, 1.165) is 6.92 Å². The number of hydrogen-bond acceptors (Lipinski definition) is 19. The molecule has 0 spiro atoms. The van der Waals surface area contributed by atoms with Gasteiger partial charge in [0.2, 0.25) is 11.8 Å². The van der Waals surface area contributed by atoms with Crippen LogP contribution in [0.15, 0.2) is 0 Å². The third kappa shape index (κ3) is 9.12. The monoisotopic (exact) mass is 744 g/mol. The predicted octanol–water partition coefficient (Wildman–Crippen LogP) is -7.01. The van der Waals surface area contributed by atoms with Gasteiger partial charge in [0.05, 0.1) is 32.0 Å². The number of carboxylic acids is 1. The van der Waals surface area contributed by atoms with Gasteiger partial charge in [0.25, 0.3) is 0 Å². The molecule has 0 saturated carbocycles. The fourth-order valence-electron chi connectivity index (χ4n) is 6.48. The van der Waals surface area contributed by atoms with Crippen molar-refractivity contribution in [2.24, 2.45) is 0 Å². The van der Waals surface area contributed by atoms with Crippen molar-refractivity contribution in [1.82, 2.24) is 10.6 Å². The lowest BCUT2D eigenvalue weighted by Crippen LogP contribution is -2.70. The summed E-state index contributed by atoms with van der Waals surface area (Å²) in [5, 5.41) is 100. The van der Waals surface area contributed by atoms with Crippen LogP contribution in [-0.2, 0) is 52.3 Å². The zero-order valence-electron chi connectivity index (χ0n) is 28.1. The molecule has 0 aromatic heterocycles. The van der Waals surface area contributed by atoms with Crippen molar-refractivity contribution in [2.45, 2.75) is 137 Å². The summed E-state index contributed by atoms with van der Waals surface area (Å²) in [5.41, 5.74) is 0. The lowest BCUT2D eigenvalue weighted by Gasteiger charge is -2.49. The number of rotatable bonds is 12. The highest BCUT2D eigenvalue weighted by Crippen LogP contribution is 2.34. The van der Waals surface area contributed by atoms with Gasteiger partial charge in [-0.1, -0.05) is 0 Å². The average molecular weight is 745 g/mol. The predicted molar refractivity (Wildman–Crippen MR) is 160 cm³/mol. The van der Waals surface area contributed by atoms with Gasteiger partial charge >= 0.3 is 5.97 Å². The maximum absolute atomic E-state index is 12.5. The summed E-state index contributed by atoms with van der Waals surface area (Å²) in [6.45, 7) is 1.95. The zero-order chi connectivity index (χ0) is 37.9. The molecule has 0 radical (unpaired) electrons. The fourth-order valence-corrected chi connectivity index (χ4v) is 6.48. The molecule has 2 amide bonds. The summed E-state index contributed by atoms with van der Waals surface area (Å²) >= 11 is 0. The van der Waals surface area contributed by atoms with E-state index in [4.69, 9.17) is 37.9 Å². The van der Waals surface area contributed by atoms with Crippen LogP contribution in [0, 0.1) is 0 Å². The number of aliphatic hydroxyl groups is 8. The Hall–Kier alpha value is -2.23. The van der Waals surface area contributed by atoms with E-state index in [1.807, 2.05) is 0 Å². The molecule has 294 valence electrons. The zero-order valence-corrected chi connectivity index (χ0v) is 28.1. The first-order chi connectivity index (χ1) is 24.0. The molecule has 0 aromatic rings. The summed E-state index contributed by atoms with van der Waals surface area (Å²) in [7, 11) is 1.27. The summed E-state index contributed by atoms with van der Waals surface area (Å²) in [5.74, 6) is -3.05. The summed E-state index contributed by atoms with van der Waals surface area (Å²) in [6.07, 6.45) is -28.1. The number of carboxylic acid groups (broad SMARTS) is 1. The van der Waals surface area contributed by atoms with E-state index in [9.17, 15) is 60.3 Å². The Morgan fingerprint density at radius 1 is 0.667 bits per heavy atom. The Morgan fingerprint density at radius 2 is 1.18 bits per heavy atom. The van der Waals surface area contributed by atoms with Crippen molar-refractivity contribution in [3.8, 4) is 0 Å². The molecule has 4 rings (SSSR count). The van der Waals surface area contributed by atoms with Crippen molar-refractivity contribution in [3.05, 3.63) is 0 Å². The third-order valence-electron chi connectivity index (χ3n) is 9.14. The molecule has 4 fully saturated rings. The molecule has 19 atom stereocenters. The molecule has 22 nitrogen and oxygen atoms in total. The summed E-state index contributed by atoms with van der Waals surface area (Å²) < 4.78 is 44.6. The van der Waals surface area contributed by atoms with Crippen molar-refractivity contribution in [1.29, 1.82) is 0 Å². The van der Waals surface area contributed by atoms with Crippen LogP contribution in [0.25, 0.3) is 0 Å². The highest BCUT2D eigenvalue weighted by atomic mass is 16.8. The second-order valence-electron chi connectivity index (χ2n) is 12.7. The molecule has 4 aliphatic heterocycles. The van der Waals surface area contributed by atoms with E-state index in [0.29, 0.717) is 0 Å². The normalized spacial score (nSPS) is 46.2. The van der Waals surface area contributed by atoms with Crippen molar-refractivity contribution in [3.63, 3.8) is 0 Å². The van der Waals surface area contributed by atoms with Crippen molar-refractivity contribution < 1.29 is 98.2 Å². The highest BCUT2D eigenvalue weighted by molar-refractivity contribution is 5.74. The molecule has 0 bridgehead atoms. The molecule has 22 heteroatoms. The van der Waals surface area contributed by atoms with Crippen molar-refractivity contribution >= 4 is 17.8 Å². The Labute approximate surface area is 291 Å². The number of carbonyl (C=O) groups excluding carboxylic acids is 2. The van der Waals surface area contributed by atoms with Crippen LogP contribution in [0.4, 0.5) is 0 Å². The first-order valence-corrected chi connectivity index (χ1v) is 16.2. The van der Waals surface area contributed by atoms with Gasteiger partial charge in [-0.25, -0.2) is 4.79 Å². The number of nitrogens with one attached hydrogen (secondary N) is 2. The molecule has 51 heavy (non-hydrogen) atoms. The molecule has 4 heterocycles. The second kappa shape index (κ2) is 17.7. The highest BCUT2D eigenvalue weighted by Gasteiger charge is 2.56. The van der Waals surface area contributed by atoms with Gasteiger partial charge in [0.1, 0.15) is 79.3 Å². The minimum atomic E-state index is -2.16. The molecule has 0 aliphatic carbocycles. The number of amides is 2. The molecule has 7 unspecified atom stereocenters. The minimum Gasteiger partial charge on any atom is -0.479 e. The number of ether oxygens (including phenoxy) is 8. The lowest BCUT2D eigenvalue weighted by molar-refractivity contribution is -0.364. The number of aliphatic carboxylic acids is 1. The third-order valence-corrected chi connectivity index (χ3v) is 9.14. The first kappa shape index (κ1) is 41.5. The van der Waals surface area contributed by atoms with E-state index in [1.165, 1.54) is 21.0 Å². The molecule has 4 aliphatic rings. The van der Waals surface area contributed by atoms with Gasteiger partial charge in [-0.05, 0) is 6.92 Å². The average Bonchev–Trinajstić information content (AvgIpc) is 3.07. The van der Waals surface area contributed by atoms with Gasteiger partial charge in [0.15, 0.2) is 25.0 Å². The van der Waals surface area contributed by atoms with Gasteiger partial charge < -0.3 is 94.5 Å². The Bertz CT molecular complexity index is 1180. The van der Waals surface area contributed by atoms with Crippen LogP contribution in [-0.4, -0.2) is 207 Å². The SMILES string of the molecule is CO[C@@H]1COC(O[C@@H]2[C@H](NC(C)=O)C(O[C@@H]3C(C(=O)O)OC(O[C@@H]4[C@H](NC(C)=O)C(C)OC(CO)[C@@H]4O)[C@@H](O)[C@H]3O)OC(CO)[C@@H]2O)[C@@H](O)[C@H]1O. The quantitative estimate of drug-likeness (QED) is 0.0884. The van der Waals surface area contributed by atoms with Gasteiger partial charge in [0, 0.05) is 21.0 Å². The largest absolute Gasteiger partial charge is 0.479 e. The van der Waals surface area contributed by atoms with Crippen LogP contribution in [0.5, 0.6) is 0 Å². The van der Waals surface area contributed by atoms with Gasteiger partial charge in [-0.15, -0.1) is 0 Å². The summed E-state index contributed by atoms with van der Waals surface area (Å²) in [4.78, 5) is 36.7. The van der Waals surface area contributed by atoms with E-state index in [1.54, 1.807) is 0 Å². The molecule has 0 aromatic carbocycles. The van der Waals surface area contributed by atoms with Crippen LogP contribution in [0.1, 0.15) is 20.8 Å². The minimum absolute atomic E-state index is 0.254. The van der Waals surface area contributed by atoms with Gasteiger partial charge in [-0.3, -0.25) is 9.59 Å². The van der Waals surface area contributed by atoms with Crippen LogP contribution in [0.3, 0.4) is 0 Å². The number of aliphatic hydroxyl groups excluding tert-OH is 8. The lowest BCUT2D eigenvalue weighted by atomic mass is 9.92. The first-order valence-electron chi connectivity index (χ1n) is 16.2. The second-order valence-corrected chi connectivity index (χ2v) is 12.7. The molecular formula is C29H48N2O20. The van der Waals surface area contributed by atoms with Crippen LogP contribution < -0.4 is 10.6 Å². The standard InChI is InChI=1S/C29H48N2O20/c1-8-14(30-9(2)34)22(17(37)11(5-32)46-8)49-29-21(41)19(39)24(25(51-29)26(42)43)50-27-15(31-10(3)35)23(18(38)12(6-33)47-27)48-28-20(40)16(36)13(44-4)7-45-28/h8,11-25,27-29,32-33,36-41H,5-7H2,1-4H3,(H,30,34)(H,31,35)(H,42,43)/t8?,11?,12?,13-,14-,15+,16+,17+,18+,19-,20+,21+,22-,23-,24+,25?,27?,28?,29?/m1/s1. The number of methoxy groups -OCH3 is 1. The van der Waals surface area contributed by atoms with Crippen LogP contribution >= 0.6 is 0 Å².